The number of rotatable bonds is 6. The third-order valence-electron chi connectivity index (χ3n) is 3.30. The number of amides is 2. The highest BCUT2D eigenvalue weighted by Crippen LogP contribution is 2.21. The molecule has 0 bridgehead atoms. The van der Waals surface area contributed by atoms with E-state index in [-0.39, 0.29) is 24.3 Å². The molecule has 1 rings (SSSR count). The Bertz CT molecular complexity index is 541. The summed E-state index contributed by atoms with van der Waals surface area (Å²) in [5.74, 6) is 0.282. The van der Waals surface area contributed by atoms with E-state index in [1.807, 2.05) is 13.0 Å². The van der Waals surface area contributed by atoms with E-state index in [1.54, 1.807) is 26.2 Å². The van der Waals surface area contributed by atoms with Gasteiger partial charge in [0.05, 0.1) is 0 Å². The second kappa shape index (κ2) is 8.18. The Hall–Kier alpha value is -1.55. The largest absolute Gasteiger partial charge is 0.349 e. The average molecular weight is 325 g/mol. The van der Waals surface area contributed by atoms with Gasteiger partial charge in [-0.3, -0.25) is 9.59 Å². The van der Waals surface area contributed by atoms with Crippen LogP contribution in [0.5, 0.6) is 0 Å². The first-order valence-electron chi connectivity index (χ1n) is 7.50. The molecule has 122 valence electrons. The van der Waals surface area contributed by atoms with Crippen LogP contribution in [0.1, 0.15) is 43.1 Å². The van der Waals surface area contributed by atoms with Crippen molar-refractivity contribution in [3.8, 4) is 0 Å². The topological polar surface area (TPSA) is 49.4 Å². The number of carbonyl (C=O) groups is 2. The van der Waals surface area contributed by atoms with E-state index in [4.69, 9.17) is 11.6 Å². The molecule has 0 saturated heterocycles. The molecule has 1 N–H and O–H groups in total. The minimum absolute atomic E-state index is 0.0156. The van der Waals surface area contributed by atoms with Crippen molar-refractivity contribution in [1.29, 1.82) is 0 Å². The van der Waals surface area contributed by atoms with Gasteiger partial charge in [0.15, 0.2) is 0 Å². The molecule has 1 aromatic carbocycles. The molecule has 0 aromatic heterocycles. The number of hydrogen-bond acceptors (Lipinski definition) is 2. The van der Waals surface area contributed by atoms with Gasteiger partial charge in [0.1, 0.15) is 0 Å². The zero-order chi connectivity index (χ0) is 16.9. The van der Waals surface area contributed by atoms with Gasteiger partial charge in [0.2, 0.25) is 5.91 Å². The molecule has 0 aliphatic heterocycles. The van der Waals surface area contributed by atoms with Crippen molar-refractivity contribution >= 4 is 23.4 Å². The van der Waals surface area contributed by atoms with Crippen LogP contribution in [0.3, 0.4) is 0 Å². The van der Waals surface area contributed by atoms with Crippen LogP contribution in [0.4, 0.5) is 0 Å². The lowest BCUT2D eigenvalue weighted by Gasteiger charge is -2.17. The molecule has 0 fully saturated rings. The van der Waals surface area contributed by atoms with Gasteiger partial charge in [-0.1, -0.05) is 31.5 Å². The Balaban J connectivity index is 2.70. The number of nitrogens with one attached hydrogen (secondary N) is 1. The van der Waals surface area contributed by atoms with Crippen molar-refractivity contribution in [2.24, 2.45) is 5.92 Å². The van der Waals surface area contributed by atoms with Gasteiger partial charge in [-0.05, 0) is 37.0 Å². The van der Waals surface area contributed by atoms with E-state index in [2.05, 4.69) is 19.2 Å². The predicted molar refractivity (Wildman–Crippen MR) is 90.2 cm³/mol. The summed E-state index contributed by atoms with van der Waals surface area (Å²) >= 11 is 6.24. The first kappa shape index (κ1) is 18.5. The fourth-order valence-corrected chi connectivity index (χ4v) is 2.35. The molecular formula is C17H25ClN2O2. The van der Waals surface area contributed by atoms with Gasteiger partial charge in [-0.25, -0.2) is 0 Å². The van der Waals surface area contributed by atoms with E-state index < -0.39 is 0 Å². The van der Waals surface area contributed by atoms with E-state index in [0.29, 0.717) is 16.5 Å². The highest BCUT2D eigenvalue weighted by molar-refractivity contribution is 6.31. The summed E-state index contributed by atoms with van der Waals surface area (Å²) in [7, 11) is 3.40. The van der Waals surface area contributed by atoms with Crippen LogP contribution < -0.4 is 5.32 Å². The van der Waals surface area contributed by atoms with Crippen molar-refractivity contribution in [3.63, 3.8) is 0 Å². The average Bonchev–Trinajstić information content (AvgIpc) is 2.40. The first-order valence-corrected chi connectivity index (χ1v) is 7.88. The quantitative estimate of drug-likeness (QED) is 0.874. The highest BCUT2D eigenvalue weighted by atomic mass is 35.5. The zero-order valence-corrected chi connectivity index (χ0v) is 14.7. The maximum atomic E-state index is 12.2. The van der Waals surface area contributed by atoms with Gasteiger partial charge in [0, 0.05) is 37.1 Å². The summed E-state index contributed by atoms with van der Waals surface area (Å²) in [5.41, 5.74) is 1.56. The van der Waals surface area contributed by atoms with Crippen molar-refractivity contribution in [1.82, 2.24) is 10.2 Å². The Morgan fingerprint density at radius 3 is 2.36 bits per heavy atom. The van der Waals surface area contributed by atoms with Gasteiger partial charge < -0.3 is 10.2 Å². The number of hydrogen-bond donors (Lipinski definition) is 1. The maximum Gasteiger partial charge on any atom is 0.251 e. The molecule has 0 heterocycles. The summed E-state index contributed by atoms with van der Waals surface area (Å²) in [6, 6.07) is 5.14. The normalized spacial score (nSPS) is 12.1. The molecular weight excluding hydrogens is 300 g/mol. The molecule has 0 aliphatic carbocycles. The first-order chi connectivity index (χ1) is 10.2. The van der Waals surface area contributed by atoms with Crippen LogP contribution in [-0.4, -0.2) is 36.9 Å². The van der Waals surface area contributed by atoms with Crippen LogP contribution in [0.25, 0.3) is 0 Å². The number of halogens is 1. The zero-order valence-electron chi connectivity index (χ0n) is 13.9. The third-order valence-corrected chi connectivity index (χ3v) is 3.65. The summed E-state index contributed by atoms with van der Waals surface area (Å²) < 4.78 is 0. The number of nitrogens with zero attached hydrogens (tertiary/aromatic N) is 1. The van der Waals surface area contributed by atoms with E-state index >= 15 is 0 Å². The van der Waals surface area contributed by atoms with Crippen molar-refractivity contribution in [2.75, 3.05) is 14.1 Å². The molecule has 4 nitrogen and oxygen atoms in total. The molecule has 0 spiro atoms. The minimum atomic E-state index is -0.225. The van der Waals surface area contributed by atoms with Gasteiger partial charge in [-0.2, -0.15) is 0 Å². The lowest BCUT2D eigenvalue weighted by atomic mass is 10.0. The molecule has 22 heavy (non-hydrogen) atoms. The third kappa shape index (κ3) is 5.68. The van der Waals surface area contributed by atoms with E-state index in [1.165, 1.54) is 4.90 Å². The lowest BCUT2D eigenvalue weighted by molar-refractivity contribution is -0.129. The summed E-state index contributed by atoms with van der Waals surface area (Å²) in [6.45, 7) is 6.06. The second-order valence-corrected chi connectivity index (χ2v) is 6.68. The molecule has 0 aliphatic rings. The monoisotopic (exact) mass is 324 g/mol. The van der Waals surface area contributed by atoms with Crippen LogP contribution in [0.15, 0.2) is 18.2 Å². The summed E-state index contributed by atoms with van der Waals surface area (Å²) in [4.78, 5) is 25.3. The Morgan fingerprint density at radius 2 is 1.86 bits per heavy atom. The Labute approximate surface area is 137 Å². The van der Waals surface area contributed by atoms with Crippen LogP contribution in [0, 0.1) is 5.92 Å². The lowest BCUT2D eigenvalue weighted by Crippen LogP contribution is -2.37. The molecule has 5 heteroatoms. The summed E-state index contributed by atoms with van der Waals surface area (Å²) in [5, 5.41) is 3.43. The van der Waals surface area contributed by atoms with Crippen LogP contribution >= 0.6 is 11.6 Å². The molecule has 0 radical (unpaired) electrons. The molecule has 1 aromatic rings. The Morgan fingerprint density at radius 1 is 1.23 bits per heavy atom. The SMILES string of the molecule is CC(C)Cc1ccc(C(=O)N[C@@H](C)CC(=O)N(C)C)cc1Cl. The molecule has 2 amide bonds. The molecule has 1 atom stereocenters. The molecule has 0 unspecified atom stereocenters. The van der Waals surface area contributed by atoms with Crippen molar-refractivity contribution in [3.05, 3.63) is 34.3 Å². The van der Waals surface area contributed by atoms with Gasteiger partial charge in [-0.15, -0.1) is 0 Å². The molecule has 0 saturated carbocycles. The predicted octanol–water partition coefficient (Wildman–Crippen LogP) is 3.14. The second-order valence-electron chi connectivity index (χ2n) is 6.27. The Kier molecular flexibility index (Phi) is 6.88. The van der Waals surface area contributed by atoms with Gasteiger partial charge in [0.25, 0.3) is 5.91 Å². The van der Waals surface area contributed by atoms with Crippen molar-refractivity contribution in [2.45, 2.75) is 39.7 Å². The van der Waals surface area contributed by atoms with Crippen LogP contribution in [-0.2, 0) is 11.2 Å². The van der Waals surface area contributed by atoms with E-state index in [0.717, 1.165) is 12.0 Å². The smallest absolute Gasteiger partial charge is 0.251 e. The number of benzene rings is 1. The van der Waals surface area contributed by atoms with Gasteiger partial charge >= 0.3 is 0 Å². The maximum absolute atomic E-state index is 12.2. The van der Waals surface area contributed by atoms with Crippen LogP contribution in [0.2, 0.25) is 5.02 Å². The highest BCUT2D eigenvalue weighted by Gasteiger charge is 2.15. The summed E-state index contributed by atoms with van der Waals surface area (Å²) in [6.07, 6.45) is 1.16. The fraction of sp³-hybridized carbons (Fsp3) is 0.529. The number of carbonyl (C=O) groups excluding carboxylic acids is 2. The minimum Gasteiger partial charge on any atom is -0.349 e. The van der Waals surface area contributed by atoms with E-state index in [9.17, 15) is 9.59 Å². The fourth-order valence-electron chi connectivity index (χ4n) is 2.10. The standard InChI is InChI=1S/C17H25ClN2O2/c1-11(2)8-13-6-7-14(10-15(13)18)17(22)19-12(3)9-16(21)20(4)5/h6-7,10-12H,8-9H2,1-5H3,(H,19,22)/t12-/m0/s1. The van der Waals surface area contributed by atoms with Crippen molar-refractivity contribution < 1.29 is 9.59 Å².